The standard InChI is InChI=1S/C15H26N2O/c1-4-5-10-17(2)15(11-16)14-9-7-6-8-13(14)12-18-3/h6-9,15H,4-5,10-12,16H2,1-3H3. The Balaban J connectivity index is 2.86. The third-order valence-corrected chi connectivity index (χ3v) is 3.33. The van der Waals surface area contributed by atoms with E-state index in [1.165, 1.54) is 24.0 Å². The third kappa shape index (κ3) is 4.09. The Morgan fingerprint density at radius 3 is 2.67 bits per heavy atom. The molecule has 0 heterocycles. The fraction of sp³-hybridized carbons (Fsp3) is 0.600. The average Bonchev–Trinajstić information content (AvgIpc) is 2.39. The highest BCUT2D eigenvalue weighted by Gasteiger charge is 2.17. The van der Waals surface area contributed by atoms with Crippen LogP contribution >= 0.6 is 0 Å². The van der Waals surface area contributed by atoms with Crippen molar-refractivity contribution in [3.05, 3.63) is 35.4 Å². The molecule has 0 saturated heterocycles. The van der Waals surface area contributed by atoms with E-state index < -0.39 is 0 Å². The van der Waals surface area contributed by atoms with E-state index in [0.29, 0.717) is 13.2 Å². The van der Waals surface area contributed by atoms with Crippen LogP contribution in [0.2, 0.25) is 0 Å². The van der Waals surface area contributed by atoms with Crippen LogP contribution < -0.4 is 5.73 Å². The van der Waals surface area contributed by atoms with Crippen molar-refractivity contribution < 1.29 is 4.74 Å². The molecule has 1 unspecified atom stereocenters. The summed E-state index contributed by atoms with van der Waals surface area (Å²) in [6, 6.07) is 8.69. The number of nitrogens with two attached hydrogens (primary N) is 1. The Labute approximate surface area is 111 Å². The minimum absolute atomic E-state index is 0.280. The smallest absolute Gasteiger partial charge is 0.0716 e. The summed E-state index contributed by atoms with van der Waals surface area (Å²) in [5.41, 5.74) is 8.49. The molecule has 1 atom stereocenters. The highest BCUT2D eigenvalue weighted by Crippen LogP contribution is 2.23. The minimum Gasteiger partial charge on any atom is -0.380 e. The molecule has 0 bridgehead atoms. The Hall–Kier alpha value is -0.900. The van der Waals surface area contributed by atoms with Crippen LogP contribution in [0.1, 0.15) is 36.9 Å². The van der Waals surface area contributed by atoms with Gasteiger partial charge in [-0.3, -0.25) is 4.90 Å². The second-order valence-corrected chi connectivity index (χ2v) is 4.72. The van der Waals surface area contributed by atoms with Gasteiger partial charge in [0.1, 0.15) is 0 Å². The molecule has 0 spiro atoms. The molecule has 2 N–H and O–H groups in total. The first-order valence-electron chi connectivity index (χ1n) is 6.71. The molecule has 0 amide bonds. The average molecular weight is 250 g/mol. The van der Waals surface area contributed by atoms with Crippen LogP contribution in [0.25, 0.3) is 0 Å². The molecule has 0 aliphatic rings. The van der Waals surface area contributed by atoms with E-state index >= 15 is 0 Å². The van der Waals surface area contributed by atoms with Crippen LogP contribution in [0, 0.1) is 0 Å². The predicted molar refractivity (Wildman–Crippen MR) is 76.5 cm³/mol. The number of benzene rings is 1. The van der Waals surface area contributed by atoms with Gasteiger partial charge < -0.3 is 10.5 Å². The number of rotatable bonds is 8. The Bertz CT molecular complexity index is 341. The van der Waals surface area contributed by atoms with Crippen molar-refractivity contribution in [2.75, 3.05) is 27.2 Å². The maximum absolute atomic E-state index is 5.96. The summed E-state index contributed by atoms with van der Waals surface area (Å²) in [6.07, 6.45) is 2.42. The monoisotopic (exact) mass is 250 g/mol. The molecule has 0 saturated carbocycles. The van der Waals surface area contributed by atoms with Crippen LogP contribution in [0.5, 0.6) is 0 Å². The van der Waals surface area contributed by atoms with Gasteiger partial charge in [0.25, 0.3) is 0 Å². The van der Waals surface area contributed by atoms with E-state index in [0.717, 1.165) is 6.54 Å². The number of hydrogen-bond acceptors (Lipinski definition) is 3. The lowest BCUT2D eigenvalue weighted by molar-refractivity contribution is 0.180. The summed E-state index contributed by atoms with van der Waals surface area (Å²) < 4.78 is 5.26. The molecule has 3 nitrogen and oxygen atoms in total. The van der Waals surface area contributed by atoms with Crippen molar-refractivity contribution in [1.82, 2.24) is 4.90 Å². The van der Waals surface area contributed by atoms with Crippen LogP contribution in [0.3, 0.4) is 0 Å². The van der Waals surface area contributed by atoms with Gasteiger partial charge in [0.2, 0.25) is 0 Å². The molecule has 0 aliphatic heterocycles. The molecule has 1 aromatic carbocycles. The first-order valence-corrected chi connectivity index (χ1v) is 6.71. The van der Waals surface area contributed by atoms with Gasteiger partial charge >= 0.3 is 0 Å². The van der Waals surface area contributed by atoms with Gasteiger partial charge in [-0.15, -0.1) is 0 Å². The van der Waals surface area contributed by atoms with Gasteiger partial charge in [-0.1, -0.05) is 37.6 Å². The summed E-state index contributed by atoms with van der Waals surface area (Å²) in [6.45, 7) is 4.58. The van der Waals surface area contributed by atoms with Gasteiger partial charge in [-0.25, -0.2) is 0 Å². The van der Waals surface area contributed by atoms with Gasteiger partial charge in [0.15, 0.2) is 0 Å². The lowest BCUT2D eigenvalue weighted by atomic mass is 9.99. The van der Waals surface area contributed by atoms with Crippen molar-refractivity contribution in [2.45, 2.75) is 32.4 Å². The van der Waals surface area contributed by atoms with Gasteiger partial charge in [-0.05, 0) is 31.1 Å². The van der Waals surface area contributed by atoms with Crippen molar-refractivity contribution in [1.29, 1.82) is 0 Å². The van der Waals surface area contributed by atoms with Gasteiger partial charge in [0.05, 0.1) is 6.61 Å². The van der Waals surface area contributed by atoms with E-state index in [9.17, 15) is 0 Å². The SMILES string of the molecule is CCCCN(C)C(CN)c1ccccc1COC. The number of unbranched alkanes of at least 4 members (excludes halogenated alkanes) is 1. The van der Waals surface area contributed by atoms with E-state index in [2.05, 4.69) is 43.1 Å². The molecule has 3 heteroatoms. The molecule has 0 aromatic heterocycles. The largest absolute Gasteiger partial charge is 0.380 e. The van der Waals surface area contributed by atoms with Crippen LogP contribution in [0.15, 0.2) is 24.3 Å². The number of likely N-dealkylation sites (N-methyl/N-ethyl adjacent to an activating group) is 1. The normalized spacial score (nSPS) is 12.9. The highest BCUT2D eigenvalue weighted by molar-refractivity contribution is 5.30. The van der Waals surface area contributed by atoms with Crippen LogP contribution in [-0.2, 0) is 11.3 Å². The minimum atomic E-state index is 0.280. The van der Waals surface area contributed by atoms with E-state index in [-0.39, 0.29) is 6.04 Å². The first-order chi connectivity index (χ1) is 8.74. The molecule has 0 radical (unpaired) electrons. The summed E-state index contributed by atoms with van der Waals surface area (Å²) in [5, 5.41) is 0. The van der Waals surface area contributed by atoms with Crippen LogP contribution in [0.4, 0.5) is 0 Å². The zero-order valence-electron chi connectivity index (χ0n) is 11.9. The lowest BCUT2D eigenvalue weighted by Crippen LogP contribution is -2.32. The van der Waals surface area contributed by atoms with Crippen molar-refractivity contribution in [2.24, 2.45) is 5.73 Å². The molecule has 102 valence electrons. The molecule has 0 aliphatic carbocycles. The quantitative estimate of drug-likeness (QED) is 0.770. The van der Waals surface area contributed by atoms with E-state index in [4.69, 9.17) is 10.5 Å². The van der Waals surface area contributed by atoms with Gasteiger partial charge in [0, 0.05) is 19.7 Å². The topological polar surface area (TPSA) is 38.5 Å². The second-order valence-electron chi connectivity index (χ2n) is 4.72. The van der Waals surface area contributed by atoms with Crippen LogP contribution in [-0.4, -0.2) is 32.1 Å². The second kappa shape index (κ2) is 8.25. The molecule has 18 heavy (non-hydrogen) atoms. The maximum Gasteiger partial charge on any atom is 0.0716 e. The summed E-state index contributed by atoms with van der Waals surface area (Å²) >= 11 is 0. The number of nitrogens with zero attached hydrogens (tertiary/aromatic N) is 1. The lowest BCUT2D eigenvalue weighted by Gasteiger charge is -2.29. The van der Waals surface area contributed by atoms with Crippen molar-refractivity contribution in [3.8, 4) is 0 Å². The maximum atomic E-state index is 5.96. The Morgan fingerprint density at radius 1 is 1.33 bits per heavy atom. The van der Waals surface area contributed by atoms with E-state index in [1.807, 2.05) is 0 Å². The first kappa shape index (κ1) is 15.2. The number of hydrogen-bond donors (Lipinski definition) is 1. The zero-order valence-corrected chi connectivity index (χ0v) is 11.9. The number of ether oxygens (including phenoxy) is 1. The van der Waals surface area contributed by atoms with E-state index in [1.54, 1.807) is 7.11 Å². The Morgan fingerprint density at radius 2 is 2.06 bits per heavy atom. The fourth-order valence-corrected chi connectivity index (χ4v) is 2.25. The van der Waals surface area contributed by atoms with Crippen molar-refractivity contribution >= 4 is 0 Å². The van der Waals surface area contributed by atoms with Crippen molar-refractivity contribution in [3.63, 3.8) is 0 Å². The summed E-state index contributed by atoms with van der Waals surface area (Å²) in [5.74, 6) is 0. The molecule has 1 rings (SSSR count). The highest BCUT2D eigenvalue weighted by atomic mass is 16.5. The fourth-order valence-electron chi connectivity index (χ4n) is 2.25. The van der Waals surface area contributed by atoms with Gasteiger partial charge in [-0.2, -0.15) is 0 Å². The molecule has 1 aromatic rings. The number of methoxy groups -OCH3 is 1. The molecular formula is C15H26N2O. The molecular weight excluding hydrogens is 224 g/mol. The third-order valence-electron chi connectivity index (χ3n) is 3.33. The Kier molecular flexibility index (Phi) is 6.94. The summed E-state index contributed by atoms with van der Waals surface area (Å²) in [4.78, 5) is 2.35. The zero-order chi connectivity index (χ0) is 13.4. The molecule has 0 fully saturated rings. The predicted octanol–water partition coefficient (Wildman–Crippen LogP) is 2.56. The summed E-state index contributed by atoms with van der Waals surface area (Å²) in [7, 11) is 3.88.